The first-order chi connectivity index (χ1) is 14.3. The number of ether oxygens (including phenoxy) is 1. The van der Waals surface area contributed by atoms with Crippen LogP contribution in [0.15, 0.2) is 42.5 Å². The Balaban J connectivity index is 1.62. The van der Waals surface area contributed by atoms with Gasteiger partial charge in [0.05, 0.1) is 7.11 Å². The molecule has 1 aliphatic rings. The van der Waals surface area contributed by atoms with Crippen LogP contribution in [0, 0.1) is 11.6 Å². The van der Waals surface area contributed by atoms with Gasteiger partial charge in [0, 0.05) is 6.54 Å². The largest absolute Gasteiger partial charge is 0.496 e. The van der Waals surface area contributed by atoms with Gasteiger partial charge in [-0.25, -0.2) is 13.6 Å². The van der Waals surface area contributed by atoms with Gasteiger partial charge in [-0.05, 0) is 42.7 Å². The summed E-state index contributed by atoms with van der Waals surface area (Å²) in [5, 5.41) is 5.10. The van der Waals surface area contributed by atoms with Gasteiger partial charge in [-0.3, -0.25) is 14.5 Å². The molecule has 2 N–H and O–H groups in total. The molecular weight excluding hydrogens is 396 g/mol. The normalized spacial score (nSPS) is 18.3. The van der Waals surface area contributed by atoms with Gasteiger partial charge in [0.2, 0.25) is 5.91 Å². The number of imide groups is 1. The number of hydrogen-bond donors (Lipinski definition) is 2. The van der Waals surface area contributed by atoms with Crippen LogP contribution in [0.25, 0.3) is 0 Å². The van der Waals surface area contributed by atoms with E-state index in [1.165, 1.54) is 13.0 Å². The summed E-state index contributed by atoms with van der Waals surface area (Å²) in [6.07, 6.45) is 0.502. The molecule has 158 valence electrons. The highest BCUT2D eigenvalue weighted by molar-refractivity contribution is 6.09. The molecule has 1 fully saturated rings. The lowest BCUT2D eigenvalue weighted by molar-refractivity contribution is -0.134. The molecule has 7 nitrogen and oxygen atoms in total. The topological polar surface area (TPSA) is 87.7 Å². The summed E-state index contributed by atoms with van der Waals surface area (Å²) in [7, 11) is 1.55. The molecule has 0 spiro atoms. The van der Waals surface area contributed by atoms with Gasteiger partial charge in [-0.1, -0.05) is 24.3 Å². The average molecular weight is 417 g/mol. The van der Waals surface area contributed by atoms with Gasteiger partial charge in [-0.2, -0.15) is 0 Å². The van der Waals surface area contributed by atoms with E-state index in [9.17, 15) is 23.2 Å². The maximum Gasteiger partial charge on any atom is 0.325 e. The molecule has 2 aromatic rings. The van der Waals surface area contributed by atoms with Crippen LogP contribution in [0.2, 0.25) is 0 Å². The second-order valence-electron chi connectivity index (χ2n) is 6.99. The smallest absolute Gasteiger partial charge is 0.325 e. The Labute approximate surface area is 172 Å². The molecule has 3 rings (SSSR count). The Morgan fingerprint density at radius 3 is 2.60 bits per heavy atom. The summed E-state index contributed by atoms with van der Waals surface area (Å²) >= 11 is 0. The van der Waals surface area contributed by atoms with Gasteiger partial charge in [0.1, 0.15) is 17.8 Å². The van der Waals surface area contributed by atoms with E-state index >= 15 is 0 Å². The molecule has 1 unspecified atom stereocenters. The summed E-state index contributed by atoms with van der Waals surface area (Å²) in [4.78, 5) is 38.1. The molecule has 2 aromatic carbocycles. The molecule has 4 amide bonds. The van der Waals surface area contributed by atoms with Crippen molar-refractivity contribution in [3.05, 3.63) is 65.2 Å². The number of carbonyl (C=O) groups is 3. The van der Waals surface area contributed by atoms with Crippen LogP contribution < -0.4 is 15.4 Å². The molecule has 0 aliphatic carbocycles. The fourth-order valence-corrected chi connectivity index (χ4v) is 3.29. The quantitative estimate of drug-likeness (QED) is 0.676. The highest BCUT2D eigenvalue weighted by atomic mass is 19.2. The molecular formula is C21H21F2N3O4. The molecule has 1 heterocycles. The third kappa shape index (κ3) is 4.10. The lowest BCUT2D eigenvalue weighted by atomic mass is 9.92. The third-order valence-electron chi connectivity index (χ3n) is 4.98. The van der Waals surface area contributed by atoms with Crippen molar-refractivity contribution in [3.63, 3.8) is 0 Å². The van der Waals surface area contributed by atoms with Crippen molar-refractivity contribution in [1.29, 1.82) is 0 Å². The Hall–Kier alpha value is -3.49. The van der Waals surface area contributed by atoms with Crippen molar-refractivity contribution in [2.24, 2.45) is 0 Å². The number of benzene rings is 2. The molecule has 0 saturated carbocycles. The highest BCUT2D eigenvalue weighted by Gasteiger charge is 2.49. The van der Waals surface area contributed by atoms with Crippen LogP contribution in [-0.2, 0) is 21.5 Å². The number of rotatable bonds is 7. The first kappa shape index (κ1) is 21.2. The number of nitrogens with zero attached hydrogens (tertiary/aromatic N) is 1. The molecule has 0 aromatic heterocycles. The minimum Gasteiger partial charge on any atom is -0.496 e. The number of urea groups is 1. The van der Waals surface area contributed by atoms with Crippen molar-refractivity contribution in [3.8, 4) is 5.75 Å². The van der Waals surface area contributed by atoms with E-state index in [0.29, 0.717) is 12.2 Å². The Kier molecular flexibility index (Phi) is 6.00. The summed E-state index contributed by atoms with van der Waals surface area (Å²) in [5.41, 5.74) is -0.608. The predicted molar refractivity (Wildman–Crippen MR) is 104 cm³/mol. The minimum atomic E-state index is -1.59. The maximum absolute atomic E-state index is 13.6. The Morgan fingerprint density at radius 1 is 1.17 bits per heavy atom. The zero-order valence-corrected chi connectivity index (χ0v) is 16.5. The monoisotopic (exact) mass is 417 g/mol. The number of halogens is 2. The van der Waals surface area contributed by atoms with Gasteiger partial charge < -0.3 is 15.4 Å². The standard InChI is InChI=1S/C21H21F2N3O4/c1-21(14-7-8-15(22)16(23)11-14)19(28)26(20(29)25-21)12-18(27)24-10-9-13-5-3-4-6-17(13)30-2/h3-8,11H,9-10,12H2,1-2H3,(H,24,27)(H,25,29). The SMILES string of the molecule is COc1ccccc1CCNC(=O)CN1C(=O)NC(C)(c2ccc(F)c(F)c2)C1=O. The van der Waals surface area contributed by atoms with Crippen LogP contribution >= 0.6 is 0 Å². The van der Waals surface area contributed by atoms with Crippen molar-refractivity contribution >= 4 is 17.8 Å². The van der Waals surface area contributed by atoms with Gasteiger partial charge in [0.25, 0.3) is 5.91 Å². The van der Waals surface area contributed by atoms with Gasteiger partial charge in [0.15, 0.2) is 11.6 Å². The lowest BCUT2D eigenvalue weighted by Crippen LogP contribution is -2.43. The molecule has 9 heteroatoms. The van der Waals surface area contributed by atoms with Crippen LogP contribution in [-0.4, -0.2) is 42.9 Å². The first-order valence-corrected chi connectivity index (χ1v) is 9.24. The highest BCUT2D eigenvalue weighted by Crippen LogP contribution is 2.29. The van der Waals surface area contributed by atoms with E-state index in [0.717, 1.165) is 22.6 Å². The molecule has 0 bridgehead atoms. The summed E-state index contributed by atoms with van der Waals surface area (Å²) in [6, 6.07) is 9.53. The minimum absolute atomic E-state index is 0.0823. The Bertz CT molecular complexity index is 998. The zero-order chi connectivity index (χ0) is 21.9. The lowest BCUT2D eigenvalue weighted by Gasteiger charge is -2.22. The van der Waals surface area contributed by atoms with Crippen LogP contribution in [0.3, 0.4) is 0 Å². The number of amides is 4. The van der Waals surface area contributed by atoms with Crippen LogP contribution in [0.4, 0.5) is 13.6 Å². The van der Waals surface area contributed by atoms with Crippen molar-refractivity contribution < 1.29 is 27.9 Å². The summed E-state index contributed by atoms with van der Waals surface area (Å²) < 4.78 is 32.0. The van der Waals surface area contributed by atoms with Gasteiger partial charge >= 0.3 is 6.03 Å². The number of methoxy groups -OCH3 is 1. The predicted octanol–water partition coefficient (Wildman–Crippen LogP) is 2.10. The summed E-state index contributed by atoms with van der Waals surface area (Å²) in [5.74, 6) is -2.75. The molecule has 1 aliphatic heterocycles. The van der Waals surface area contributed by atoms with E-state index in [1.807, 2.05) is 24.3 Å². The number of para-hydroxylation sites is 1. The molecule has 30 heavy (non-hydrogen) atoms. The van der Waals surface area contributed by atoms with Crippen LogP contribution in [0.5, 0.6) is 5.75 Å². The van der Waals surface area contributed by atoms with E-state index < -0.39 is 41.6 Å². The Morgan fingerprint density at radius 2 is 1.90 bits per heavy atom. The molecule has 0 radical (unpaired) electrons. The fraction of sp³-hybridized carbons (Fsp3) is 0.286. The van der Waals surface area contributed by atoms with Crippen molar-refractivity contribution in [2.45, 2.75) is 18.9 Å². The van der Waals surface area contributed by atoms with E-state index in [2.05, 4.69) is 10.6 Å². The zero-order valence-electron chi connectivity index (χ0n) is 16.5. The second kappa shape index (κ2) is 8.48. The summed E-state index contributed by atoms with van der Waals surface area (Å²) in [6.45, 7) is 1.17. The van der Waals surface area contributed by atoms with E-state index in [4.69, 9.17) is 4.74 Å². The number of carbonyl (C=O) groups excluding carboxylic acids is 3. The van der Waals surface area contributed by atoms with Gasteiger partial charge in [-0.15, -0.1) is 0 Å². The second-order valence-corrected chi connectivity index (χ2v) is 6.99. The number of nitrogens with one attached hydrogen (secondary N) is 2. The first-order valence-electron chi connectivity index (χ1n) is 9.24. The van der Waals surface area contributed by atoms with E-state index in [1.54, 1.807) is 7.11 Å². The van der Waals surface area contributed by atoms with Crippen molar-refractivity contribution in [1.82, 2.24) is 15.5 Å². The third-order valence-corrected chi connectivity index (χ3v) is 4.98. The molecule has 1 saturated heterocycles. The fourth-order valence-electron chi connectivity index (χ4n) is 3.29. The number of hydrogen-bond acceptors (Lipinski definition) is 4. The van der Waals surface area contributed by atoms with Crippen LogP contribution in [0.1, 0.15) is 18.1 Å². The van der Waals surface area contributed by atoms with E-state index in [-0.39, 0.29) is 12.1 Å². The van der Waals surface area contributed by atoms with Crippen molar-refractivity contribution in [2.75, 3.05) is 20.2 Å². The average Bonchev–Trinajstić information content (AvgIpc) is 2.94. The maximum atomic E-state index is 13.6. The molecule has 1 atom stereocenters.